The number of nitrogens with one attached hydrogen (secondary N) is 1. The highest BCUT2D eigenvalue weighted by Crippen LogP contribution is 2.01. The number of alkyl carbamates (subject to hydrolysis) is 1. The van der Waals surface area contributed by atoms with Gasteiger partial charge in [0.25, 0.3) is 0 Å². The van der Waals surface area contributed by atoms with Crippen LogP contribution in [0.5, 0.6) is 0 Å². The van der Waals surface area contributed by atoms with Gasteiger partial charge in [0.15, 0.2) is 0 Å². The van der Waals surface area contributed by atoms with Crippen LogP contribution in [0.4, 0.5) is 4.79 Å². The third-order valence-corrected chi connectivity index (χ3v) is 2.36. The quantitative estimate of drug-likeness (QED) is 0.801. The highest BCUT2D eigenvalue weighted by atomic mass is 16.5. The van der Waals surface area contributed by atoms with Crippen LogP contribution in [0, 0.1) is 5.92 Å². The molecular formula is C13H18N2O3. The van der Waals surface area contributed by atoms with E-state index >= 15 is 0 Å². The Morgan fingerprint density at radius 1 is 1.33 bits per heavy atom. The van der Waals surface area contributed by atoms with Gasteiger partial charge in [-0.1, -0.05) is 37.3 Å². The molecule has 0 radical (unpaired) electrons. The first-order chi connectivity index (χ1) is 8.58. The fourth-order valence-corrected chi connectivity index (χ4v) is 1.45. The Morgan fingerprint density at radius 2 is 2.00 bits per heavy atom. The molecule has 0 saturated heterocycles. The molecule has 18 heavy (non-hydrogen) atoms. The van der Waals surface area contributed by atoms with Gasteiger partial charge in [-0.2, -0.15) is 0 Å². The van der Waals surface area contributed by atoms with Crippen molar-refractivity contribution in [2.24, 2.45) is 11.7 Å². The van der Waals surface area contributed by atoms with Crippen LogP contribution >= 0.6 is 0 Å². The monoisotopic (exact) mass is 250 g/mol. The largest absolute Gasteiger partial charge is 0.445 e. The summed E-state index contributed by atoms with van der Waals surface area (Å²) >= 11 is 0. The number of hydrogen-bond acceptors (Lipinski definition) is 3. The smallest absolute Gasteiger partial charge is 0.407 e. The lowest BCUT2D eigenvalue weighted by molar-refractivity contribution is -0.118. The van der Waals surface area contributed by atoms with E-state index < -0.39 is 6.09 Å². The zero-order valence-corrected chi connectivity index (χ0v) is 10.4. The predicted molar refractivity (Wildman–Crippen MR) is 67.6 cm³/mol. The summed E-state index contributed by atoms with van der Waals surface area (Å²) in [5.41, 5.74) is 5.98. The second kappa shape index (κ2) is 7.32. The van der Waals surface area contributed by atoms with Crippen molar-refractivity contribution in [2.45, 2.75) is 20.0 Å². The summed E-state index contributed by atoms with van der Waals surface area (Å²) in [6, 6.07) is 9.41. The lowest BCUT2D eigenvalue weighted by Gasteiger charge is -2.11. The molecule has 1 aromatic rings. The molecular weight excluding hydrogens is 232 g/mol. The van der Waals surface area contributed by atoms with Crippen LogP contribution in [0.15, 0.2) is 30.3 Å². The molecule has 1 aromatic carbocycles. The molecule has 0 bridgehead atoms. The number of carbonyl (C=O) groups is 2. The molecule has 98 valence electrons. The van der Waals surface area contributed by atoms with Gasteiger partial charge < -0.3 is 15.8 Å². The van der Waals surface area contributed by atoms with Gasteiger partial charge in [-0.25, -0.2) is 4.79 Å². The molecule has 3 N–H and O–H groups in total. The van der Waals surface area contributed by atoms with Crippen LogP contribution < -0.4 is 11.1 Å². The summed E-state index contributed by atoms with van der Waals surface area (Å²) < 4.78 is 5.02. The Balaban J connectivity index is 2.20. The molecule has 0 unspecified atom stereocenters. The summed E-state index contributed by atoms with van der Waals surface area (Å²) in [6.45, 7) is 2.44. The molecule has 0 aliphatic carbocycles. The summed E-state index contributed by atoms with van der Waals surface area (Å²) in [5.74, 6) is -0.367. The van der Waals surface area contributed by atoms with Crippen LogP contribution in [0.25, 0.3) is 0 Å². The summed E-state index contributed by atoms with van der Waals surface area (Å²) in [7, 11) is 0. The molecule has 5 nitrogen and oxygen atoms in total. The number of ether oxygens (including phenoxy) is 1. The van der Waals surface area contributed by atoms with Gasteiger partial charge in [0.2, 0.25) is 5.91 Å². The molecule has 0 saturated carbocycles. The molecule has 0 aliphatic heterocycles. The Labute approximate surface area is 106 Å². The first-order valence-electron chi connectivity index (χ1n) is 5.80. The average molecular weight is 250 g/mol. The molecule has 1 atom stereocenters. The normalized spacial score (nSPS) is 11.6. The minimum absolute atomic E-state index is 0.00627. The minimum atomic E-state index is -0.491. The number of benzene rings is 1. The number of primary amides is 1. The molecule has 0 heterocycles. The topological polar surface area (TPSA) is 81.4 Å². The van der Waals surface area contributed by atoms with E-state index in [9.17, 15) is 9.59 Å². The Morgan fingerprint density at radius 3 is 2.61 bits per heavy atom. The summed E-state index contributed by atoms with van der Waals surface area (Å²) in [4.78, 5) is 22.0. The fraction of sp³-hybridized carbons (Fsp3) is 0.385. The zero-order chi connectivity index (χ0) is 13.4. The van der Waals surface area contributed by atoms with Crippen molar-refractivity contribution >= 4 is 12.0 Å². The molecule has 0 spiro atoms. The van der Waals surface area contributed by atoms with Gasteiger partial charge in [0.05, 0.1) is 0 Å². The molecule has 2 amide bonds. The van der Waals surface area contributed by atoms with E-state index in [1.807, 2.05) is 37.3 Å². The first kappa shape index (κ1) is 14.0. The fourth-order valence-electron chi connectivity index (χ4n) is 1.45. The van der Waals surface area contributed by atoms with Gasteiger partial charge in [-0.15, -0.1) is 0 Å². The predicted octanol–water partition coefficient (Wildman–Crippen LogP) is 1.42. The van der Waals surface area contributed by atoms with Gasteiger partial charge >= 0.3 is 6.09 Å². The Bertz CT molecular complexity index is 392. The van der Waals surface area contributed by atoms with Gasteiger partial charge in [0.1, 0.15) is 6.61 Å². The maximum atomic E-state index is 11.4. The number of carbonyl (C=O) groups excluding carboxylic acids is 2. The van der Waals surface area contributed by atoms with Crippen molar-refractivity contribution < 1.29 is 14.3 Å². The van der Waals surface area contributed by atoms with Crippen molar-refractivity contribution in [3.05, 3.63) is 35.9 Å². The third kappa shape index (κ3) is 5.89. The van der Waals surface area contributed by atoms with Crippen LogP contribution in [-0.2, 0) is 16.1 Å². The SMILES string of the molecule is C[C@H](CNC(=O)OCc1ccccc1)CC(N)=O. The lowest BCUT2D eigenvalue weighted by atomic mass is 10.1. The highest BCUT2D eigenvalue weighted by Gasteiger charge is 2.08. The number of nitrogens with two attached hydrogens (primary N) is 1. The van der Waals surface area contributed by atoms with Crippen molar-refractivity contribution in [2.75, 3.05) is 6.54 Å². The van der Waals surface area contributed by atoms with E-state index in [0.717, 1.165) is 5.56 Å². The van der Waals surface area contributed by atoms with Gasteiger partial charge in [-0.3, -0.25) is 4.79 Å². The van der Waals surface area contributed by atoms with Crippen molar-refractivity contribution in [1.82, 2.24) is 5.32 Å². The van der Waals surface area contributed by atoms with Crippen LogP contribution in [0.3, 0.4) is 0 Å². The molecule has 0 aliphatic rings. The van der Waals surface area contributed by atoms with Gasteiger partial charge in [0, 0.05) is 13.0 Å². The van der Waals surface area contributed by atoms with Crippen LogP contribution in [0.2, 0.25) is 0 Å². The maximum Gasteiger partial charge on any atom is 0.407 e. The lowest BCUT2D eigenvalue weighted by Crippen LogP contribution is -2.30. The van der Waals surface area contributed by atoms with E-state index in [1.54, 1.807) is 0 Å². The maximum absolute atomic E-state index is 11.4. The molecule has 0 aromatic heterocycles. The summed E-state index contributed by atoms with van der Waals surface area (Å²) in [6.07, 6.45) is -0.242. The highest BCUT2D eigenvalue weighted by molar-refractivity contribution is 5.74. The van der Waals surface area contributed by atoms with E-state index in [-0.39, 0.29) is 24.9 Å². The minimum Gasteiger partial charge on any atom is -0.445 e. The molecule has 5 heteroatoms. The standard InChI is InChI=1S/C13H18N2O3/c1-10(7-12(14)16)8-15-13(17)18-9-11-5-3-2-4-6-11/h2-6,10H,7-9H2,1H3,(H2,14,16)(H,15,17)/t10-/m0/s1. The van der Waals surface area contributed by atoms with Crippen LogP contribution in [-0.4, -0.2) is 18.5 Å². The second-order valence-electron chi connectivity index (χ2n) is 4.22. The van der Waals surface area contributed by atoms with Crippen molar-refractivity contribution in [3.63, 3.8) is 0 Å². The van der Waals surface area contributed by atoms with E-state index in [1.165, 1.54) is 0 Å². The van der Waals surface area contributed by atoms with Crippen molar-refractivity contribution in [3.8, 4) is 0 Å². The van der Waals surface area contributed by atoms with E-state index in [0.29, 0.717) is 6.54 Å². The molecule has 0 fully saturated rings. The molecule has 1 rings (SSSR count). The van der Waals surface area contributed by atoms with E-state index in [4.69, 9.17) is 10.5 Å². The number of hydrogen-bond donors (Lipinski definition) is 2. The van der Waals surface area contributed by atoms with Crippen molar-refractivity contribution in [1.29, 1.82) is 0 Å². The number of amides is 2. The number of rotatable bonds is 6. The van der Waals surface area contributed by atoms with E-state index in [2.05, 4.69) is 5.32 Å². The second-order valence-corrected chi connectivity index (χ2v) is 4.22. The average Bonchev–Trinajstić information content (AvgIpc) is 2.34. The first-order valence-corrected chi connectivity index (χ1v) is 5.80. The Kier molecular flexibility index (Phi) is 5.70. The summed E-state index contributed by atoms with van der Waals surface area (Å²) in [5, 5.41) is 2.59. The zero-order valence-electron chi connectivity index (χ0n) is 10.4. The Hall–Kier alpha value is -2.04. The van der Waals surface area contributed by atoms with Crippen LogP contribution in [0.1, 0.15) is 18.9 Å². The third-order valence-electron chi connectivity index (χ3n) is 2.36. The van der Waals surface area contributed by atoms with Gasteiger partial charge in [-0.05, 0) is 11.5 Å².